The summed E-state index contributed by atoms with van der Waals surface area (Å²) in [6.45, 7) is 0. The molecule has 1 aromatic heterocycles. The van der Waals surface area contributed by atoms with Crippen LogP contribution in [0.4, 0.5) is 5.69 Å². The molecule has 0 atom stereocenters. The molecule has 2 aromatic carbocycles. The zero-order chi connectivity index (χ0) is 19.2. The summed E-state index contributed by atoms with van der Waals surface area (Å²) in [5, 5.41) is 0.443. The topological polar surface area (TPSA) is 69.0 Å². The first kappa shape index (κ1) is 18.2. The standard InChI is InChI=1S/C22H21N3O2/c1-25(2)18-13-11-16(12-14-18)9-6-10-19-21(26)24-20(22(27)23-19)15-17-7-4-3-5-8-17/h3-15H,1-2H3,(H,23,27)(H,24,26). The summed E-state index contributed by atoms with van der Waals surface area (Å²) in [5.74, 6) is 0. The van der Waals surface area contributed by atoms with E-state index in [1.165, 1.54) is 0 Å². The van der Waals surface area contributed by atoms with E-state index in [-0.39, 0.29) is 21.8 Å². The number of nitrogens with zero attached hydrogens (tertiary/aromatic N) is 1. The third-order valence-corrected chi connectivity index (χ3v) is 4.06. The fourth-order valence-corrected chi connectivity index (χ4v) is 2.57. The third-order valence-electron chi connectivity index (χ3n) is 4.06. The summed E-state index contributed by atoms with van der Waals surface area (Å²) >= 11 is 0. The van der Waals surface area contributed by atoms with Gasteiger partial charge in [0.1, 0.15) is 10.7 Å². The number of anilines is 1. The highest BCUT2D eigenvalue weighted by Gasteiger charge is 1.96. The molecule has 0 spiro atoms. The molecular formula is C22H21N3O2. The van der Waals surface area contributed by atoms with Crippen molar-refractivity contribution in [2.24, 2.45) is 0 Å². The van der Waals surface area contributed by atoms with E-state index in [2.05, 4.69) is 9.97 Å². The second-order valence-electron chi connectivity index (χ2n) is 6.30. The Bertz CT molecular complexity index is 1170. The summed E-state index contributed by atoms with van der Waals surface area (Å²) < 4.78 is 0. The van der Waals surface area contributed by atoms with Crippen molar-refractivity contribution in [3.63, 3.8) is 0 Å². The van der Waals surface area contributed by atoms with Gasteiger partial charge < -0.3 is 14.9 Å². The Morgan fingerprint density at radius 1 is 0.778 bits per heavy atom. The van der Waals surface area contributed by atoms with Crippen molar-refractivity contribution in [3.05, 3.63) is 103 Å². The molecular weight excluding hydrogens is 338 g/mol. The molecule has 3 aromatic rings. The van der Waals surface area contributed by atoms with E-state index < -0.39 is 0 Å². The molecule has 2 N–H and O–H groups in total. The van der Waals surface area contributed by atoms with Crippen LogP contribution >= 0.6 is 0 Å². The van der Waals surface area contributed by atoms with Crippen molar-refractivity contribution < 1.29 is 0 Å². The molecule has 0 fully saturated rings. The van der Waals surface area contributed by atoms with Crippen LogP contribution < -0.4 is 26.7 Å². The molecule has 0 bridgehead atoms. The maximum absolute atomic E-state index is 12.2. The Morgan fingerprint density at radius 3 is 2.07 bits per heavy atom. The molecule has 5 nitrogen and oxygen atoms in total. The summed E-state index contributed by atoms with van der Waals surface area (Å²) in [4.78, 5) is 31.7. The van der Waals surface area contributed by atoms with Gasteiger partial charge in [0.15, 0.2) is 0 Å². The fourth-order valence-electron chi connectivity index (χ4n) is 2.57. The van der Waals surface area contributed by atoms with Gasteiger partial charge >= 0.3 is 0 Å². The minimum absolute atomic E-state index is 0.214. The van der Waals surface area contributed by atoms with Crippen LogP contribution in [0.2, 0.25) is 0 Å². The summed E-state index contributed by atoms with van der Waals surface area (Å²) in [6.07, 6.45) is 6.85. The lowest BCUT2D eigenvalue weighted by molar-refractivity contribution is 1.00. The number of rotatable bonds is 4. The normalized spacial score (nSPS) is 12.7. The van der Waals surface area contributed by atoms with Crippen molar-refractivity contribution in [2.45, 2.75) is 0 Å². The maximum atomic E-state index is 12.2. The lowest BCUT2D eigenvalue weighted by Crippen LogP contribution is -2.46. The van der Waals surface area contributed by atoms with Crippen LogP contribution in [0.25, 0.3) is 18.2 Å². The number of aromatic amines is 2. The molecule has 1 heterocycles. The Morgan fingerprint density at radius 2 is 1.41 bits per heavy atom. The highest BCUT2D eigenvalue weighted by atomic mass is 16.1. The van der Waals surface area contributed by atoms with Gasteiger partial charge in [-0.05, 0) is 35.4 Å². The van der Waals surface area contributed by atoms with Crippen molar-refractivity contribution in [1.29, 1.82) is 0 Å². The average molecular weight is 359 g/mol. The monoisotopic (exact) mass is 359 g/mol. The van der Waals surface area contributed by atoms with Gasteiger partial charge in [-0.3, -0.25) is 9.59 Å². The first-order valence-corrected chi connectivity index (χ1v) is 8.58. The molecule has 0 amide bonds. The smallest absolute Gasteiger partial charge is 0.272 e. The molecule has 0 aliphatic carbocycles. The number of nitrogens with one attached hydrogen (secondary N) is 2. The number of allylic oxidation sites excluding steroid dienone is 1. The predicted molar refractivity (Wildman–Crippen MR) is 111 cm³/mol. The Labute approximate surface area is 156 Å². The molecule has 0 unspecified atom stereocenters. The molecule has 5 heteroatoms. The van der Waals surface area contributed by atoms with Crippen LogP contribution in [0.1, 0.15) is 11.1 Å². The number of aromatic nitrogens is 2. The second kappa shape index (κ2) is 8.19. The first-order valence-electron chi connectivity index (χ1n) is 8.58. The van der Waals surface area contributed by atoms with Gasteiger partial charge in [-0.15, -0.1) is 0 Å². The highest BCUT2D eigenvalue weighted by molar-refractivity contribution is 5.60. The van der Waals surface area contributed by atoms with E-state index in [9.17, 15) is 9.59 Å². The molecule has 136 valence electrons. The minimum atomic E-state index is -0.343. The van der Waals surface area contributed by atoms with E-state index in [1.54, 1.807) is 18.2 Å². The quantitative estimate of drug-likeness (QED) is 0.741. The predicted octanol–water partition coefficient (Wildman–Crippen LogP) is 1.45. The van der Waals surface area contributed by atoms with E-state index in [0.29, 0.717) is 0 Å². The second-order valence-corrected chi connectivity index (χ2v) is 6.30. The van der Waals surface area contributed by atoms with Crippen LogP contribution in [0.3, 0.4) is 0 Å². The van der Waals surface area contributed by atoms with Gasteiger partial charge in [0, 0.05) is 19.8 Å². The maximum Gasteiger partial charge on any atom is 0.272 e. The summed E-state index contributed by atoms with van der Waals surface area (Å²) in [7, 11) is 3.97. The van der Waals surface area contributed by atoms with Crippen molar-refractivity contribution in [3.8, 4) is 0 Å². The van der Waals surface area contributed by atoms with Gasteiger partial charge in [-0.2, -0.15) is 0 Å². The van der Waals surface area contributed by atoms with Gasteiger partial charge in [0.05, 0.1) is 0 Å². The SMILES string of the molecule is CN(C)c1ccc(C=CC=c2[nH]c(=O)c(=Cc3ccccc3)[nH]c2=O)cc1. The van der Waals surface area contributed by atoms with E-state index in [4.69, 9.17) is 0 Å². The van der Waals surface area contributed by atoms with Crippen molar-refractivity contribution in [2.75, 3.05) is 19.0 Å². The molecule has 3 rings (SSSR count). The van der Waals surface area contributed by atoms with E-state index in [0.717, 1.165) is 16.8 Å². The van der Waals surface area contributed by atoms with Gasteiger partial charge in [-0.1, -0.05) is 54.6 Å². The van der Waals surface area contributed by atoms with E-state index >= 15 is 0 Å². The minimum Gasteiger partial charge on any atom is -0.378 e. The van der Waals surface area contributed by atoms with Gasteiger partial charge in [-0.25, -0.2) is 0 Å². The molecule has 0 radical (unpaired) electrons. The lowest BCUT2D eigenvalue weighted by Gasteiger charge is -2.11. The average Bonchev–Trinajstić information content (AvgIpc) is 2.67. The van der Waals surface area contributed by atoms with Crippen LogP contribution in [0, 0.1) is 0 Å². The molecule has 0 saturated carbocycles. The molecule has 0 aliphatic heterocycles. The summed E-state index contributed by atoms with van der Waals surface area (Å²) in [6, 6.07) is 17.4. The van der Waals surface area contributed by atoms with Crippen LogP contribution in [0.15, 0.2) is 70.3 Å². The van der Waals surface area contributed by atoms with Crippen LogP contribution in [-0.4, -0.2) is 24.1 Å². The third kappa shape index (κ3) is 4.73. The van der Waals surface area contributed by atoms with Crippen LogP contribution in [-0.2, 0) is 0 Å². The van der Waals surface area contributed by atoms with Crippen LogP contribution in [0.5, 0.6) is 0 Å². The number of H-pyrrole nitrogens is 2. The van der Waals surface area contributed by atoms with Gasteiger partial charge in [0.2, 0.25) is 0 Å². The first-order chi connectivity index (χ1) is 13.0. The van der Waals surface area contributed by atoms with E-state index in [1.807, 2.05) is 79.7 Å². The zero-order valence-corrected chi connectivity index (χ0v) is 15.3. The molecule has 27 heavy (non-hydrogen) atoms. The zero-order valence-electron chi connectivity index (χ0n) is 15.3. The summed E-state index contributed by atoms with van der Waals surface area (Å²) in [5.41, 5.74) is 2.28. The van der Waals surface area contributed by atoms with Crippen molar-refractivity contribution in [1.82, 2.24) is 9.97 Å². The number of benzene rings is 2. The molecule has 0 saturated heterocycles. The Hall–Kier alpha value is -3.60. The Kier molecular flexibility index (Phi) is 5.52. The lowest BCUT2D eigenvalue weighted by atomic mass is 10.2. The Balaban J connectivity index is 1.89. The highest BCUT2D eigenvalue weighted by Crippen LogP contribution is 2.12. The largest absolute Gasteiger partial charge is 0.378 e. The van der Waals surface area contributed by atoms with Crippen molar-refractivity contribution >= 4 is 23.9 Å². The number of hydrogen-bond donors (Lipinski definition) is 2. The molecule has 0 aliphatic rings. The van der Waals surface area contributed by atoms with Gasteiger partial charge in [0.25, 0.3) is 11.1 Å². The number of hydrogen-bond acceptors (Lipinski definition) is 3. The fraction of sp³-hybridized carbons (Fsp3) is 0.0909.